The minimum atomic E-state index is -0.0141. The molecular formula is C12H18BrN3. The second kappa shape index (κ2) is 4.87. The van der Waals surface area contributed by atoms with Crippen LogP contribution < -0.4 is 10.6 Å². The molecule has 3 nitrogen and oxygen atoms in total. The van der Waals surface area contributed by atoms with Crippen LogP contribution >= 0.6 is 15.9 Å². The summed E-state index contributed by atoms with van der Waals surface area (Å²) in [5.41, 5.74) is 6.32. The molecule has 1 aromatic rings. The lowest BCUT2D eigenvalue weighted by Gasteiger charge is -2.36. The maximum atomic E-state index is 5.68. The number of nitrogens with zero attached hydrogens (tertiary/aromatic N) is 2. The van der Waals surface area contributed by atoms with Gasteiger partial charge >= 0.3 is 0 Å². The lowest BCUT2D eigenvalue weighted by molar-refractivity contribution is 0.517. The van der Waals surface area contributed by atoms with Gasteiger partial charge in [-0.1, -0.05) is 6.08 Å². The van der Waals surface area contributed by atoms with E-state index < -0.39 is 0 Å². The van der Waals surface area contributed by atoms with E-state index in [2.05, 4.69) is 53.2 Å². The van der Waals surface area contributed by atoms with Gasteiger partial charge in [-0.3, -0.25) is 0 Å². The molecule has 0 unspecified atom stereocenters. The first-order valence-electron chi connectivity index (χ1n) is 5.16. The SMILES string of the molecule is C=CCN(c1ncc(N)cc1Br)C(C)(C)C. The average molecular weight is 284 g/mol. The Kier molecular flexibility index (Phi) is 3.97. The van der Waals surface area contributed by atoms with E-state index in [4.69, 9.17) is 5.73 Å². The van der Waals surface area contributed by atoms with Crippen LogP contribution in [0.25, 0.3) is 0 Å². The van der Waals surface area contributed by atoms with Gasteiger partial charge in [0, 0.05) is 12.1 Å². The maximum Gasteiger partial charge on any atom is 0.143 e. The Labute approximate surface area is 105 Å². The van der Waals surface area contributed by atoms with Gasteiger partial charge in [-0.2, -0.15) is 0 Å². The van der Waals surface area contributed by atoms with Gasteiger partial charge in [0.25, 0.3) is 0 Å². The molecule has 0 saturated carbocycles. The van der Waals surface area contributed by atoms with Crippen LogP contribution in [-0.2, 0) is 0 Å². The molecule has 0 radical (unpaired) electrons. The van der Waals surface area contributed by atoms with E-state index in [1.807, 2.05) is 12.1 Å². The van der Waals surface area contributed by atoms with Gasteiger partial charge in [0.2, 0.25) is 0 Å². The van der Waals surface area contributed by atoms with E-state index in [1.165, 1.54) is 0 Å². The van der Waals surface area contributed by atoms with Crippen LogP contribution in [0.4, 0.5) is 11.5 Å². The van der Waals surface area contributed by atoms with Crippen molar-refractivity contribution >= 4 is 27.4 Å². The number of anilines is 2. The van der Waals surface area contributed by atoms with Crippen molar-refractivity contribution in [2.24, 2.45) is 0 Å². The lowest BCUT2D eigenvalue weighted by Crippen LogP contribution is -2.42. The van der Waals surface area contributed by atoms with Crippen LogP contribution in [0.1, 0.15) is 20.8 Å². The van der Waals surface area contributed by atoms with Crippen LogP contribution in [0, 0.1) is 0 Å². The molecule has 0 atom stereocenters. The third-order valence-electron chi connectivity index (χ3n) is 2.22. The van der Waals surface area contributed by atoms with Crippen molar-refractivity contribution in [2.75, 3.05) is 17.2 Å². The Bertz CT molecular complexity index is 382. The van der Waals surface area contributed by atoms with E-state index in [-0.39, 0.29) is 5.54 Å². The molecule has 0 amide bonds. The second-order valence-electron chi connectivity index (χ2n) is 4.64. The van der Waals surface area contributed by atoms with Gasteiger partial charge in [-0.05, 0) is 42.8 Å². The highest BCUT2D eigenvalue weighted by molar-refractivity contribution is 9.10. The van der Waals surface area contributed by atoms with Crippen molar-refractivity contribution in [1.82, 2.24) is 4.98 Å². The number of halogens is 1. The minimum absolute atomic E-state index is 0.0141. The molecule has 0 saturated heterocycles. The summed E-state index contributed by atoms with van der Waals surface area (Å²) < 4.78 is 0.907. The van der Waals surface area contributed by atoms with Crippen molar-refractivity contribution in [2.45, 2.75) is 26.3 Å². The number of aromatic nitrogens is 1. The minimum Gasteiger partial charge on any atom is -0.397 e. The van der Waals surface area contributed by atoms with E-state index in [1.54, 1.807) is 6.20 Å². The maximum absolute atomic E-state index is 5.68. The van der Waals surface area contributed by atoms with Crippen molar-refractivity contribution in [3.05, 3.63) is 29.4 Å². The first-order valence-corrected chi connectivity index (χ1v) is 5.95. The van der Waals surface area contributed by atoms with Gasteiger partial charge in [-0.15, -0.1) is 6.58 Å². The molecule has 0 aromatic carbocycles. The molecule has 4 heteroatoms. The summed E-state index contributed by atoms with van der Waals surface area (Å²) in [4.78, 5) is 6.54. The molecule has 2 N–H and O–H groups in total. The summed E-state index contributed by atoms with van der Waals surface area (Å²) in [5.74, 6) is 0.890. The fourth-order valence-electron chi connectivity index (χ4n) is 1.45. The summed E-state index contributed by atoms with van der Waals surface area (Å²) in [6.07, 6.45) is 3.54. The summed E-state index contributed by atoms with van der Waals surface area (Å²) in [6, 6.07) is 1.87. The van der Waals surface area contributed by atoms with Crippen molar-refractivity contribution in [3.8, 4) is 0 Å². The van der Waals surface area contributed by atoms with Crippen LogP contribution in [-0.4, -0.2) is 17.1 Å². The predicted molar refractivity (Wildman–Crippen MR) is 73.6 cm³/mol. The molecule has 0 aliphatic rings. The molecule has 0 aliphatic carbocycles. The van der Waals surface area contributed by atoms with E-state index in [9.17, 15) is 0 Å². The molecule has 1 heterocycles. The van der Waals surface area contributed by atoms with Crippen LogP contribution in [0.15, 0.2) is 29.4 Å². The first kappa shape index (κ1) is 13.0. The monoisotopic (exact) mass is 283 g/mol. The number of hydrogen-bond donors (Lipinski definition) is 1. The standard InChI is InChI=1S/C12H18BrN3/c1-5-6-16(12(2,3)4)11-10(13)7-9(14)8-15-11/h5,7-8H,1,6,14H2,2-4H3. The number of rotatable bonds is 3. The van der Waals surface area contributed by atoms with Crippen LogP contribution in [0.2, 0.25) is 0 Å². The zero-order chi connectivity index (χ0) is 12.3. The highest BCUT2D eigenvalue weighted by atomic mass is 79.9. The Balaban J connectivity index is 3.16. The molecule has 0 aliphatic heterocycles. The summed E-state index contributed by atoms with van der Waals surface area (Å²) in [6.45, 7) is 10.9. The fraction of sp³-hybridized carbons (Fsp3) is 0.417. The highest BCUT2D eigenvalue weighted by Crippen LogP contribution is 2.30. The van der Waals surface area contributed by atoms with Crippen molar-refractivity contribution in [3.63, 3.8) is 0 Å². The van der Waals surface area contributed by atoms with Crippen molar-refractivity contribution in [1.29, 1.82) is 0 Å². The van der Waals surface area contributed by atoms with E-state index >= 15 is 0 Å². The third-order valence-corrected chi connectivity index (χ3v) is 2.80. The number of pyridine rings is 1. The second-order valence-corrected chi connectivity index (χ2v) is 5.50. The van der Waals surface area contributed by atoms with Gasteiger partial charge in [0.15, 0.2) is 0 Å². The molecule has 0 bridgehead atoms. The quantitative estimate of drug-likeness (QED) is 0.867. The Morgan fingerprint density at radius 1 is 1.56 bits per heavy atom. The third kappa shape index (κ3) is 2.98. The van der Waals surface area contributed by atoms with Crippen LogP contribution in [0.5, 0.6) is 0 Å². The summed E-state index contributed by atoms with van der Waals surface area (Å²) in [5, 5.41) is 0. The number of hydrogen-bond acceptors (Lipinski definition) is 3. The van der Waals surface area contributed by atoms with Crippen LogP contribution in [0.3, 0.4) is 0 Å². The molecular weight excluding hydrogens is 266 g/mol. The largest absolute Gasteiger partial charge is 0.397 e. The fourth-order valence-corrected chi connectivity index (χ4v) is 2.03. The Morgan fingerprint density at radius 2 is 2.19 bits per heavy atom. The molecule has 1 rings (SSSR count). The zero-order valence-corrected chi connectivity index (χ0v) is 11.6. The Morgan fingerprint density at radius 3 is 2.62 bits per heavy atom. The number of nitrogen functional groups attached to an aromatic ring is 1. The Hall–Kier alpha value is -1.03. The summed E-state index contributed by atoms with van der Waals surface area (Å²) in [7, 11) is 0. The first-order chi connectivity index (χ1) is 7.36. The highest BCUT2D eigenvalue weighted by Gasteiger charge is 2.23. The number of nitrogens with two attached hydrogens (primary N) is 1. The molecule has 0 spiro atoms. The zero-order valence-electron chi connectivity index (χ0n) is 10.00. The van der Waals surface area contributed by atoms with Gasteiger partial charge < -0.3 is 10.6 Å². The predicted octanol–water partition coefficient (Wildman–Crippen LogP) is 3.22. The topological polar surface area (TPSA) is 42.2 Å². The van der Waals surface area contributed by atoms with Gasteiger partial charge in [-0.25, -0.2) is 4.98 Å². The smallest absolute Gasteiger partial charge is 0.143 e. The van der Waals surface area contributed by atoms with E-state index in [0.29, 0.717) is 5.69 Å². The normalized spacial score (nSPS) is 11.2. The molecule has 16 heavy (non-hydrogen) atoms. The lowest BCUT2D eigenvalue weighted by atomic mass is 10.1. The molecule has 0 fully saturated rings. The van der Waals surface area contributed by atoms with E-state index in [0.717, 1.165) is 16.8 Å². The average Bonchev–Trinajstić information content (AvgIpc) is 2.13. The summed E-state index contributed by atoms with van der Waals surface area (Å²) >= 11 is 3.49. The molecule has 88 valence electrons. The van der Waals surface area contributed by atoms with Gasteiger partial charge in [0.05, 0.1) is 16.4 Å². The van der Waals surface area contributed by atoms with Gasteiger partial charge in [0.1, 0.15) is 5.82 Å². The van der Waals surface area contributed by atoms with Crippen molar-refractivity contribution < 1.29 is 0 Å². The molecule has 1 aromatic heterocycles.